The van der Waals surface area contributed by atoms with Crippen LogP contribution in [0.2, 0.25) is 10.0 Å². The highest BCUT2D eigenvalue weighted by Gasteiger charge is 2.26. The smallest absolute Gasteiger partial charge is 0.408 e. The zero-order chi connectivity index (χ0) is 34.4. The lowest BCUT2D eigenvalue weighted by atomic mass is 10.0. The topological polar surface area (TPSA) is 181 Å². The van der Waals surface area contributed by atoms with Crippen LogP contribution in [0, 0.1) is 18.3 Å². The van der Waals surface area contributed by atoms with Crippen LogP contribution in [0.15, 0.2) is 59.5 Å². The van der Waals surface area contributed by atoms with E-state index in [1.807, 2.05) is 10.8 Å². The van der Waals surface area contributed by atoms with E-state index in [2.05, 4.69) is 10.6 Å². The van der Waals surface area contributed by atoms with Gasteiger partial charge in [0.05, 0.1) is 22.1 Å². The van der Waals surface area contributed by atoms with E-state index >= 15 is 0 Å². The summed E-state index contributed by atoms with van der Waals surface area (Å²) in [5.74, 6) is -2.10. The molecule has 3 N–H and O–H groups in total. The molecular weight excluding hydrogens is 659 g/mol. The number of nitrogens with zero attached hydrogens (tertiary/aromatic N) is 1. The number of aryl methyl sites for hydroxylation is 1. The molecule has 3 aromatic rings. The summed E-state index contributed by atoms with van der Waals surface area (Å²) in [4.78, 5) is 50.1. The number of nitrogens with one attached hydrogen (secondary N) is 3. The second kappa shape index (κ2) is 14.6. The van der Waals surface area contributed by atoms with Gasteiger partial charge in [-0.05, 0) is 94.8 Å². The third-order valence-corrected chi connectivity index (χ3v) is 7.78. The van der Waals surface area contributed by atoms with Gasteiger partial charge in [-0.15, -0.1) is 0 Å². The van der Waals surface area contributed by atoms with Gasteiger partial charge in [0.2, 0.25) is 0 Å². The highest BCUT2D eigenvalue weighted by Crippen LogP contribution is 2.27. The third-order valence-electron chi connectivity index (χ3n) is 5.98. The summed E-state index contributed by atoms with van der Waals surface area (Å²) in [5, 5.41) is 14.5. The number of alkyl carbamates (subject to hydrolysis) is 1. The van der Waals surface area contributed by atoms with Crippen molar-refractivity contribution in [1.29, 1.82) is 5.26 Å². The predicted molar refractivity (Wildman–Crippen MR) is 171 cm³/mol. The minimum atomic E-state index is -4.33. The van der Waals surface area contributed by atoms with Gasteiger partial charge in [0.15, 0.2) is 12.4 Å². The Kier molecular flexibility index (Phi) is 11.4. The molecule has 0 aliphatic rings. The molecule has 0 saturated carbocycles. The van der Waals surface area contributed by atoms with E-state index in [1.165, 1.54) is 61.5 Å². The molecule has 12 nitrogen and oxygen atoms in total. The fourth-order valence-corrected chi connectivity index (χ4v) is 5.39. The van der Waals surface area contributed by atoms with E-state index in [4.69, 9.17) is 32.7 Å². The van der Waals surface area contributed by atoms with Crippen molar-refractivity contribution in [3.63, 3.8) is 0 Å². The van der Waals surface area contributed by atoms with Gasteiger partial charge in [-0.2, -0.15) is 5.26 Å². The Morgan fingerprint density at radius 3 is 2.30 bits per heavy atom. The molecule has 3 rings (SSSR count). The van der Waals surface area contributed by atoms with Crippen LogP contribution < -0.4 is 20.1 Å². The van der Waals surface area contributed by atoms with Gasteiger partial charge in [-0.25, -0.2) is 17.9 Å². The number of carbonyl (C=O) groups excluding carboxylic acids is 4. The largest absolute Gasteiger partial charge is 0.483 e. The number of carbonyl (C=O) groups is 4. The number of hydrogen-bond acceptors (Lipinski definition) is 9. The standard InChI is InChI=1S/C31H30Cl2N4O8S/c1-17-10-23(46(42,43)37-29(40)18(2)35-30(41)45-31(3,4)5)7-8-25(17)36-27(38)16-44-26-9-6-21(32)14-24(26)28(39)20-11-19(15-34)12-22(33)13-20/h6-14,18H,16H2,1-5H3,(H,35,41)(H,36,38)(H,37,40)/t18-/m1/s1. The molecule has 242 valence electrons. The number of amides is 3. The lowest BCUT2D eigenvalue weighted by Gasteiger charge is -2.21. The summed E-state index contributed by atoms with van der Waals surface area (Å²) in [6.07, 6.45) is -0.887. The SMILES string of the molecule is Cc1cc(S(=O)(=O)NC(=O)[C@@H](C)NC(=O)OC(C)(C)C)ccc1NC(=O)COc1ccc(Cl)cc1C(=O)c1cc(Cl)cc(C#N)c1. The number of rotatable bonds is 10. The first-order valence-electron chi connectivity index (χ1n) is 13.5. The molecule has 0 aromatic heterocycles. The number of halogens is 2. The van der Waals surface area contributed by atoms with E-state index in [-0.39, 0.29) is 43.1 Å². The van der Waals surface area contributed by atoms with Gasteiger partial charge in [0, 0.05) is 21.3 Å². The first-order chi connectivity index (χ1) is 21.4. The highest BCUT2D eigenvalue weighted by molar-refractivity contribution is 7.90. The number of ketones is 1. The summed E-state index contributed by atoms with van der Waals surface area (Å²) < 4.78 is 38.3. The fourth-order valence-electron chi connectivity index (χ4n) is 3.85. The Balaban J connectivity index is 1.67. The number of ether oxygens (including phenoxy) is 2. The minimum absolute atomic E-state index is 0.0369. The molecule has 0 spiro atoms. The maximum absolute atomic E-state index is 13.2. The van der Waals surface area contributed by atoms with E-state index in [9.17, 15) is 32.9 Å². The Morgan fingerprint density at radius 1 is 0.978 bits per heavy atom. The van der Waals surface area contributed by atoms with Crippen molar-refractivity contribution in [2.75, 3.05) is 11.9 Å². The minimum Gasteiger partial charge on any atom is -0.483 e. The molecule has 0 radical (unpaired) electrons. The van der Waals surface area contributed by atoms with Crippen LogP contribution in [-0.2, 0) is 24.3 Å². The third kappa shape index (κ3) is 9.93. The Hall–Kier alpha value is -4.64. The quantitative estimate of drug-likeness (QED) is 0.243. The molecule has 3 aromatic carbocycles. The molecule has 0 saturated heterocycles. The molecule has 0 aliphatic heterocycles. The predicted octanol–water partition coefficient (Wildman–Crippen LogP) is 5.14. The van der Waals surface area contributed by atoms with E-state index in [0.717, 1.165) is 0 Å². The van der Waals surface area contributed by atoms with Crippen LogP contribution in [0.3, 0.4) is 0 Å². The van der Waals surface area contributed by atoms with E-state index in [1.54, 1.807) is 27.7 Å². The Morgan fingerprint density at radius 2 is 1.67 bits per heavy atom. The molecule has 0 heterocycles. The monoisotopic (exact) mass is 688 g/mol. The van der Waals surface area contributed by atoms with Gasteiger partial charge in [0.1, 0.15) is 17.4 Å². The van der Waals surface area contributed by atoms with Crippen molar-refractivity contribution in [3.05, 3.63) is 86.9 Å². The van der Waals surface area contributed by atoms with Crippen LogP contribution in [-0.4, -0.2) is 50.4 Å². The second-order valence-corrected chi connectivity index (χ2v) is 13.5. The normalized spacial score (nSPS) is 11.9. The fraction of sp³-hybridized carbons (Fsp3) is 0.258. The zero-order valence-corrected chi connectivity index (χ0v) is 27.7. The maximum Gasteiger partial charge on any atom is 0.408 e. The molecular formula is C31H30Cl2N4O8S. The van der Waals surface area contributed by atoms with Gasteiger partial charge in [-0.1, -0.05) is 23.2 Å². The molecule has 1 atom stereocenters. The highest BCUT2D eigenvalue weighted by atomic mass is 35.5. The van der Waals surface area contributed by atoms with Crippen molar-refractivity contribution in [2.45, 2.75) is 51.2 Å². The van der Waals surface area contributed by atoms with Crippen molar-refractivity contribution in [3.8, 4) is 11.8 Å². The summed E-state index contributed by atoms with van der Waals surface area (Å²) in [5.41, 5.74) is 0.133. The van der Waals surface area contributed by atoms with Crippen LogP contribution in [0.4, 0.5) is 10.5 Å². The average molecular weight is 690 g/mol. The summed E-state index contributed by atoms with van der Waals surface area (Å²) >= 11 is 12.1. The van der Waals surface area contributed by atoms with Crippen LogP contribution in [0.5, 0.6) is 5.75 Å². The average Bonchev–Trinajstić information content (AvgIpc) is 2.95. The number of nitriles is 1. The Labute approximate surface area is 276 Å². The summed E-state index contributed by atoms with van der Waals surface area (Å²) in [7, 11) is -4.33. The van der Waals surface area contributed by atoms with Gasteiger partial charge in [-0.3, -0.25) is 14.4 Å². The molecule has 15 heteroatoms. The lowest BCUT2D eigenvalue weighted by Crippen LogP contribution is -2.47. The van der Waals surface area contributed by atoms with Gasteiger partial charge in [0.25, 0.3) is 21.8 Å². The van der Waals surface area contributed by atoms with Crippen LogP contribution in [0.1, 0.15) is 54.7 Å². The number of benzene rings is 3. The van der Waals surface area contributed by atoms with E-state index in [0.29, 0.717) is 5.56 Å². The molecule has 0 fully saturated rings. The maximum atomic E-state index is 13.2. The number of sulfonamides is 1. The molecule has 0 unspecified atom stereocenters. The van der Waals surface area contributed by atoms with E-state index < -0.39 is 52.0 Å². The second-order valence-electron chi connectivity index (χ2n) is 11.0. The molecule has 46 heavy (non-hydrogen) atoms. The van der Waals surface area contributed by atoms with Gasteiger partial charge < -0.3 is 20.1 Å². The number of hydrogen-bond donors (Lipinski definition) is 3. The number of anilines is 1. The molecule has 0 bridgehead atoms. The molecule has 0 aliphatic carbocycles. The summed E-state index contributed by atoms with van der Waals surface area (Å²) in [6, 6.07) is 12.9. The first-order valence-corrected chi connectivity index (χ1v) is 15.8. The van der Waals surface area contributed by atoms with Crippen molar-refractivity contribution in [2.24, 2.45) is 0 Å². The first kappa shape index (κ1) is 35.8. The van der Waals surface area contributed by atoms with Crippen molar-refractivity contribution in [1.82, 2.24) is 10.0 Å². The molecule has 3 amide bonds. The Bertz CT molecular complexity index is 1850. The van der Waals surface area contributed by atoms with Crippen molar-refractivity contribution >= 4 is 62.6 Å². The zero-order valence-electron chi connectivity index (χ0n) is 25.4. The van der Waals surface area contributed by atoms with Crippen LogP contribution in [0.25, 0.3) is 0 Å². The lowest BCUT2D eigenvalue weighted by molar-refractivity contribution is -0.121. The van der Waals surface area contributed by atoms with Crippen LogP contribution >= 0.6 is 23.2 Å². The van der Waals surface area contributed by atoms with Crippen molar-refractivity contribution < 1.29 is 37.1 Å². The summed E-state index contributed by atoms with van der Waals surface area (Å²) in [6.45, 7) is 7.22. The van der Waals surface area contributed by atoms with Gasteiger partial charge >= 0.3 is 6.09 Å².